The van der Waals surface area contributed by atoms with Gasteiger partial charge in [0.2, 0.25) is 5.91 Å². The Balaban J connectivity index is 2.48. The molecule has 1 heterocycles. The number of hydrogen-bond donors (Lipinski definition) is 2. The molecule has 0 aliphatic carbocycles. The quantitative estimate of drug-likeness (QED) is 0.786. The van der Waals surface area contributed by atoms with Gasteiger partial charge in [-0.1, -0.05) is 19.0 Å². The van der Waals surface area contributed by atoms with E-state index < -0.39 is 6.04 Å². The lowest BCUT2D eigenvalue weighted by atomic mass is 10.0. The molecule has 0 aromatic carbocycles. The van der Waals surface area contributed by atoms with Crippen molar-refractivity contribution in [3.63, 3.8) is 0 Å². The highest BCUT2D eigenvalue weighted by Crippen LogP contribution is 2.09. The molecule has 0 bridgehead atoms. The van der Waals surface area contributed by atoms with Crippen molar-refractivity contribution in [2.24, 2.45) is 11.7 Å². The summed E-state index contributed by atoms with van der Waals surface area (Å²) < 4.78 is 4.82. The Labute approximate surface area is 89.0 Å². The van der Waals surface area contributed by atoms with Gasteiger partial charge >= 0.3 is 0 Å². The fraction of sp³-hybridized carbons (Fsp3) is 0.600. The Bertz CT molecular complexity index is 333. The molecule has 0 aliphatic rings. The van der Waals surface area contributed by atoms with Crippen LogP contribution in [0.3, 0.4) is 0 Å². The smallest absolute Gasteiger partial charge is 0.242 e. The molecule has 0 radical (unpaired) electrons. The third-order valence-corrected chi connectivity index (χ3v) is 1.94. The monoisotopic (exact) mass is 211 g/mol. The minimum atomic E-state index is -0.498. The molecule has 5 heteroatoms. The maximum Gasteiger partial charge on any atom is 0.242 e. The molecule has 1 aromatic rings. The third kappa shape index (κ3) is 3.71. The van der Waals surface area contributed by atoms with Gasteiger partial charge in [0.1, 0.15) is 5.76 Å². The van der Waals surface area contributed by atoms with Gasteiger partial charge in [0.15, 0.2) is 5.82 Å². The maximum atomic E-state index is 11.5. The number of nitrogens with two attached hydrogens (primary N) is 1. The van der Waals surface area contributed by atoms with Gasteiger partial charge in [-0.25, -0.2) is 0 Å². The highest BCUT2D eigenvalue weighted by Gasteiger charge is 2.16. The molecule has 0 aliphatic heterocycles. The molecule has 1 rings (SSSR count). The van der Waals surface area contributed by atoms with Gasteiger partial charge in [0, 0.05) is 6.07 Å². The van der Waals surface area contributed by atoms with Gasteiger partial charge in [-0.15, -0.1) is 0 Å². The topological polar surface area (TPSA) is 81.2 Å². The number of nitrogens with zero attached hydrogens (tertiary/aromatic N) is 1. The summed E-state index contributed by atoms with van der Waals surface area (Å²) in [5.41, 5.74) is 5.70. The van der Waals surface area contributed by atoms with Crippen LogP contribution in [0.5, 0.6) is 0 Å². The minimum absolute atomic E-state index is 0.225. The molecular formula is C10H17N3O2. The molecule has 1 aromatic heterocycles. The summed E-state index contributed by atoms with van der Waals surface area (Å²) in [6.45, 7) is 5.80. The molecule has 1 atom stereocenters. The third-order valence-electron chi connectivity index (χ3n) is 1.94. The van der Waals surface area contributed by atoms with E-state index in [1.54, 1.807) is 13.0 Å². The van der Waals surface area contributed by atoms with E-state index >= 15 is 0 Å². The van der Waals surface area contributed by atoms with Crippen LogP contribution < -0.4 is 11.1 Å². The zero-order chi connectivity index (χ0) is 11.4. The van der Waals surface area contributed by atoms with Crippen LogP contribution in [0.2, 0.25) is 0 Å². The predicted molar refractivity (Wildman–Crippen MR) is 57.3 cm³/mol. The number of hydrogen-bond acceptors (Lipinski definition) is 4. The zero-order valence-corrected chi connectivity index (χ0v) is 9.28. The van der Waals surface area contributed by atoms with Crippen LogP contribution in [0, 0.1) is 12.8 Å². The molecule has 0 unspecified atom stereocenters. The lowest BCUT2D eigenvalue weighted by Crippen LogP contribution is -2.36. The number of amides is 1. The average molecular weight is 211 g/mol. The summed E-state index contributed by atoms with van der Waals surface area (Å²) in [5, 5.41) is 6.25. The van der Waals surface area contributed by atoms with E-state index in [2.05, 4.69) is 10.5 Å². The summed E-state index contributed by atoms with van der Waals surface area (Å²) in [4.78, 5) is 11.5. The Morgan fingerprint density at radius 2 is 2.33 bits per heavy atom. The van der Waals surface area contributed by atoms with E-state index in [-0.39, 0.29) is 5.91 Å². The number of anilines is 1. The molecule has 3 N–H and O–H groups in total. The Kier molecular flexibility index (Phi) is 3.85. The zero-order valence-electron chi connectivity index (χ0n) is 9.28. The number of aryl methyl sites for hydroxylation is 1. The molecule has 0 saturated heterocycles. The van der Waals surface area contributed by atoms with Crippen molar-refractivity contribution in [1.82, 2.24) is 5.16 Å². The SMILES string of the molecule is Cc1cc(NC(=O)[C@H](N)CC(C)C)no1. The van der Waals surface area contributed by atoms with Gasteiger partial charge in [-0.3, -0.25) is 4.79 Å². The summed E-state index contributed by atoms with van der Waals surface area (Å²) in [6.07, 6.45) is 0.655. The molecule has 0 fully saturated rings. The Morgan fingerprint density at radius 3 is 2.80 bits per heavy atom. The fourth-order valence-electron chi connectivity index (χ4n) is 1.26. The Morgan fingerprint density at radius 1 is 1.67 bits per heavy atom. The first-order chi connectivity index (χ1) is 6.99. The average Bonchev–Trinajstić information content (AvgIpc) is 2.50. The lowest BCUT2D eigenvalue weighted by Gasteiger charge is -2.12. The van der Waals surface area contributed by atoms with E-state index in [1.165, 1.54) is 0 Å². The lowest BCUT2D eigenvalue weighted by molar-refractivity contribution is -0.117. The van der Waals surface area contributed by atoms with Crippen LogP contribution >= 0.6 is 0 Å². The summed E-state index contributed by atoms with van der Waals surface area (Å²) in [5.74, 6) is 1.24. The molecule has 0 saturated carbocycles. The second-order valence-corrected chi connectivity index (χ2v) is 4.05. The molecule has 5 nitrogen and oxygen atoms in total. The van der Waals surface area contributed by atoms with Crippen molar-refractivity contribution >= 4 is 11.7 Å². The maximum absolute atomic E-state index is 11.5. The van der Waals surface area contributed by atoms with E-state index in [0.29, 0.717) is 23.9 Å². The number of aromatic nitrogens is 1. The van der Waals surface area contributed by atoms with Gasteiger partial charge < -0.3 is 15.6 Å². The largest absolute Gasteiger partial charge is 0.360 e. The van der Waals surface area contributed by atoms with E-state index in [1.807, 2.05) is 13.8 Å². The van der Waals surface area contributed by atoms with Crippen LogP contribution in [-0.2, 0) is 4.79 Å². The van der Waals surface area contributed by atoms with Crippen LogP contribution in [0.1, 0.15) is 26.0 Å². The van der Waals surface area contributed by atoms with Crippen LogP contribution in [-0.4, -0.2) is 17.1 Å². The van der Waals surface area contributed by atoms with Gasteiger partial charge in [0.25, 0.3) is 0 Å². The first-order valence-corrected chi connectivity index (χ1v) is 4.98. The number of nitrogens with one attached hydrogen (secondary N) is 1. The normalized spacial score (nSPS) is 12.9. The van der Waals surface area contributed by atoms with Crippen LogP contribution in [0.25, 0.3) is 0 Å². The van der Waals surface area contributed by atoms with Crippen molar-refractivity contribution in [3.05, 3.63) is 11.8 Å². The van der Waals surface area contributed by atoms with Crippen molar-refractivity contribution in [3.8, 4) is 0 Å². The van der Waals surface area contributed by atoms with Crippen molar-refractivity contribution in [1.29, 1.82) is 0 Å². The highest BCUT2D eigenvalue weighted by molar-refractivity contribution is 5.93. The number of carbonyl (C=O) groups excluding carboxylic acids is 1. The second-order valence-electron chi connectivity index (χ2n) is 4.05. The van der Waals surface area contributed by atoms with E-state index in [4.69, 9.17) is 10.3 Å². The Hall–Kier alpha value is -1.36. The van der Waals surface area contributed by atoms with E-state index in [9.17, 15) is 4.79 Å². The standard InChI is InChI=1S/C10H17N3O2/c1-6(2)4-8(11)10(14)12-9-5-7(3)15-13-9/h5-6,8H,4,11H2,1-3H3,(H,12,13,14)/t8-/m1/s1. The molecule has 0 spiro atoms. The predicted octanol–water partition coefficient (Wildman–Crippen LogP) is 1.29. The van der Waals surface area contributed by atoms with Gasteiger partial charge in [-0.2, -0.15) is 0 Å². The minimum Gasteiger partial charge on any atom is -0.360 e. The second kappa shape index (κ2) is 4.93. The molecule has 15 heavy (non-hydrogen) atoms. The van der Waals surface area contributed by atoms with Crippen molar-refractivity contribution in [2.45, 2.75) is 33.2 Å². The molecule has 84 valence electrons. The summed E-state index contributed by atoms with van der Waals surface area (Å²) in [7, 11) is 0. The number of carbonyl (C=O) groups is 1. The summed E-state index contributed by atoms with van der Waals surface area (Å²) >= 11 is 0. The highest BCUT2D eigenvalue weighted by atomic mass is 16.5. The van der Waals surface area contributed by atoms with Gasteiger partial charge in [-0.05, 0) is 19.3 Å². The van der Waals surface area contributed by atoms with Gasteiger partial charge in [0.05, 0.1) is 6.04 Å². The van der Waals surface area contributed by atoms with Crippen LogP contribution in [0.4, 0.5) is 5.82 Å². The van der Waals surface area contributed by atoms with Crippen molar-refractivity contribution in [2.75, 3.05) is 5.32 Å². The number of rotatable bonds is 4. The summed E-state index contributed by atoms with van der Waals surface area (Å²) in [6, 6.07) is 1.15. The fourth-order valence-corrected chi connectivity index (χ4v) is 1.26. The molecule has 1 amide bonds. The first-order valence-electron chi connectivity index (χ1n) is 4.98. The van der Waals surface area contributed by atoms with Crippen LogP contribution in [0.15, 0.2) is 10.6 Å². The molecular weight excluding hydrogens is 194 g/mol. The van der Waals surface area contributed by atoms with E-state index in [0.717, 1.165) is 0 Å². The van der Waals surface area contributed by atoms with Crippen molar-refractivity contribution < 1.29 is 9.32 Å². The first kappa shape index (κ1) is 11.7.